The number of hydrogen-bond acceptors (Lipinski definition) is 5. The van der Waals surface area contributed by atoms with Crippen LogP contribution in [0.2, 0.25) is 0 Å². The van der Waals surface area contributed by atoms with Crippen LogP contribution in [0, 0.1) is 6.92 Å². The zero-order valence-electron chi connectivity index (χ0n) is 17.2. The number of hydrogen-bond donors (Lipinski definition) is 1. The van der Waals surface area contributed by atoms with E-state index < -0.39 is 22.2 Å². The number of rotatable bonds is 5. The predicted octanol–water partition coefficient (Wildman–Crippen LogP) is 2.99. The maximum absolute atomic E-state index is 13.0. The van der Waals surface area contributed by atoms with Crippen molar-refractivity contribution in [3.8, 4) is 0 Å². The summed E-state index contributed by atoms with van der Waals surface area (Å²) in [6, 6.07) is 12.5. The van der Waals surface area contributed by atoms with Crippen LogP contribution in [0.3, 0.4) is 0 Å². The Kier molecular flexibility index (Phi) is 6.42. The van der Waals surface area contributed by atoms with Gasteiger partial charge in [-0.15, -0.1) is 0 Å². The van der Waals surface area contributed by atoms with E-state index >= 15 is 0 Å². The molecule has 9 heteroatoms. The van der Waals surface area contributed by atoms with E-state index in [1.54, 1.807) is 55.6 Å². The Morgan fingerprint density at radius 3 is 2.33 bits per heavy atom. The second-order valence-electron chi connectivity index (χ2n) is 7.15. The molecule has 1 fully saturated rings. The van der Waals surface area contributed by atoms with E-state index in [9.17, 15) is 18.0 Å². The van der Waals surface area contributed by atoms with Crippen molar-refractivity contribution in [3.63, 3.8) is 0 Å². The van der Waals surface area contributed by atoms with E-state index in [-0.39, 0.29) is 10.8 Å². The van der Waals surface area contributed by atoms with Gasteiger partial charge in [-0.2, -0.15) is 4.31 Å². The maximum atomic E-state index is 13.0. The first-order chi connectivity index (χ1) is 14.2. The van der Waals surface area contributed by atoms with Gasteiger partial charge in [-0.25, -0.2) is 13.2 Å². The van der Waals surface area contributed by atoms with Crippen LogP contribution in [-0.4, -0.2) is 51.5 Å². The lowest BCUT2D eigenvalue weighted by Gasteiger charge is -2.23. The van der Waals surface area contributed by atoms with Crippen LogP contribution in [-0.2, 0) is 19.6 Å². The molecule has 160 valence electrons. The number of aryl methyl sites for hydroxylation is 1. The summed E-state index contributed by atoms with van der Waals surface area (Å²) in [5.74, 6) is -0.378. The molecule has 0 bridgehead atoms. The van der Waals surface area contributed by atoms with Crippen LogP contribution in [0.5, 0.6) is 0 Å². The molecule has 8 nitrogen and oxygen atoms in total. The van der Waals surface area contributed by atoms with Crippen LogP contribution in [0.25, 0.3) is 0 Å². The highest BCUT2D eigenvalue weighted by Gasteiger charge is 2.39. The molecule has 0 spiro atoms. The van der Waals surface area contributed by atoms with Crippen molar-refractivity contribution in [2.24, 2.45) is 0 Å². The zero-order chi connectivity index (χ0) is 21.9. The van der Waals surface area contributed by atoms with Gasteiger partial charge in [0.2, 0.25) is 15.9 Å². The first kappa shape index (κ1) is 21.8. The first-order valence-corrected chi connectivity index (χ1v) is 11.0. The fourth-order valence-corrected chi connectivity index (χ4v) is 5.03. The summed E-state index contributed by atoms with van der Waals surface area (Å²) in [5, 5.41) is 2.78. The molecule has 3 rings (SSSR count). The number of nitrogens with zero attached hydrogens (tertiary/aromatic N) is 2. The Bertz CT molecular complexity index is 1020. The van der Waals surface area contributed by atoms with Gasteiger partial charge in [-0.3, -0.25) is 9.69 Å². The van der Waals surface area contributed by atoms with Crippen LogP contribution in [0.4, 0.5) is 16.2 Å². The molecule has 2 amide bonds. The minimum Gasteiger partial charge on any atom is -0.452 e. The third-order valence-electron chi connectivity index (χ3n) is 5.10. The SMILES string of the molecule is COC(=O)N(C)c1ccc(NC(=O)[C@@H]2CCCN2S(=O)(=O)c2ccc(C)cc2)cc1. The van der Waals surface area contributed by atoms with Crippen molar-refractivity contribution in [1.29, 1.82) is 0 Å². The van der Waals surface area contributed by atoms with Crippen molar-refractivity contribution in [2.75, 3.05) is 30.9 Å². The highest BCUT2D eigenvalue weighted by atomic mass is 32.2. The van der Waals surface area contributed by atoms with Gasteiger partial charge >= 0.3 is 6.09 Å². The van der Waals surface area contributed by atoms with E-state index in [0.29, 0.717) is 30.8 Å². The lowest BCUT2D eigenvalue weighted by atomic mass is 10.2. The molecule has 1 atom stereocenters. The number of ether oxygens (including phenoxy) is 1. The molecule has 0 aromatic heterocycles. The van der Waals surface area contributed by atoms with Gasteiger partial charge in [-0.1, -0.05) is 17.7 Å². The highest BCUT2D eigenvalue weighted by molar-refractivity contribution is 7.89. The summed E-state index contributed by atoms with van der Waals surface area (Å²) >= 11 is 0. The molecule has 2 aromatic rings. The Balaban J connectivity index is 1.73. The fraction of sp³-hybridized carbons (Fsp3) is 0.333. The summed E-state index contributed by atoms with van der Waals surface area (Å²) in [7, 11) is -0.886. The Morgan fingerprint density at radius 1 is 1.10 bits per heavy atom. The second-order valence-corrected chi connectivity index (χ2v) is 9.04. The predicted molar refractivity (Wildman–Crippen MR) is 114 cm³/mol. The molecular formula is C21H25N3O5S. The molecule has 30 heavy (non-hydrogen) atoms. The number of carbonyl (C=O) groups is 2. The second kappa shape index (κ2) is 8.85. The van der Waals surface area contributed by atoms with Crippen molar-refractivity contribution < 1.29 is 22.7 Å². The third kappa shape index (κ3) is 4.47. The van der Waals surface area contributed by atoms with Gasteiger partial charge in [0, 0.05) is 25.0 Å². The molecule has 1 aliphatic heterocycles. The first-order valence-electron chi connectivity index (χ1n) is 9.55. The standard InChI is InChI=1S/C21H25N3O5S/c1-15-6-12-18(13-7-15)30(27,28)24-14-4-5-19(24)20(25)22-16-8-10-17(11-9-16)23(2)21(26)29-3/h6-13,19H,4-5,14H2,1-3H3,(H,22,25)/t19-/m0/s1. The van der Waals surface area contributed by atoms with Crippen molar-refractivity contribution in [2.45, 2.75) is 30.7 Å². The monoisotopic (exact) mass is 431 g/mol. The van der Waals surface area contributed by atoms with Crippen LogP contribution >= 0.6 is 0 Å². The van der Waals surface area contributed by atoms with Crippen LogP contribution < -0.4 is 10.2 Å². The average Bonchev–Trinajstić information content (AvgIpc) is 3.24. The van der Waals surface area contributed by atoms with Gasteiger partial charge in [0.05, 0.1) is 12.0 Å². The molecule has 1 saturated heterocycles. The van der Waals surface area contributed by atoms with E-state index in [2.05, 4.69) is 10.1 Å². The topological polar surface area (TPSA) is 96.0 Å². The van der Waals surface area contributed by atoms with Crippen molar-refractivity contribution >= 4 is 33.4 Å². The van der Waals surface area contributed by atoms with Crippen molar-refractivity contribution in [1.82, 2.24) is 4.31 Å². The summed E-state index contributed by atoms with van der Waals surface area (Å²) < 4.78 is 32.0. The van der Waals surface area contributed by atoms with Crippen LogP contribution in [0.1, 0.15) is 18.4 Å². The quantitative estimate of drug-likeness (QED) is 0.785. The van der Waals surface area contributed by atoms with E-state index in [1.807, 2.05) is 6.92 Å². The largest absolute Gasteiger partial charge is 0.452 e. The van der Waals surface area contributed by atoms with Gasteiger partial charge in [0.1, 0.15) is 6.04 Å². The molecule has 1 N–H and O–H groups in total. The maximum Gasteiger partial charge on any atom is 0.413 e. The molecule has 0 saturated carbocycles. The van der Waals surface area contributed by atoms with E-state index in [4.69, 9.17) is 0 Å². The zero-order valence-corrected chi connectivity index (χ0v) is 18.0. The molecule has 0 unspecified atom stereocenters. The molecule has 2 aromatic carbocycles. The minimum atomic E-state index is -3.76. The van der Waals surface area contributed by atoms with Gasteiger partial charge in [-0.05, 0) is 56.2 Å². The number of anilines is 2. The summed E-state index contributed by atoms with van der Waals surface area (Å²) in [6.45, 7) is 2.19. The van der Waals surface area contributed by atoms with Crippen molar-refractivity contribution in [3.05, 3.63) is 54.1 Å². The van der Waals surface area contributed by atoms with Gasteiger partial charge < -0.3 is 10.1 Å². The number of amides is 2. The van der Waals surface area contributed by atoms with Gasteiger partial charge in [0.15, 0.2) is 0 Å². The Morgan fingerprint density at radius 2 is 1.73 bits per heavy atom. The summed E-state index contributed by atoms with van der Waals surface area (Å²) in [5.41, 5.74) is 2.08. The van der Waals surface area contributed by atoms with E-state index in [1.165, 1.54) is 16.3 Å². The summed E-state index contributed by atoms with van der Waals surface area (Å²) in [6.07, 6.45) is 0.571. The Hall–Kier alpha value is -2.91. The van der Waals surface area contributed by atoms with Gasteiger partial charge in [0.25, 0.3) is 0 Å². The molecule has 1 aliphatic rings. The normalized spacial score (nSPS) is 16.8. The smallest absolute Gasteiger partial charge is 0.413 e. The average molecular weight is 432 g/mol. The number of sulfonamides is 1. The third-order valence-corrected chi connectivity index (χ3v) is 7.03. The highest BCUT2D eigenvalue weighted by Crippen LogP contribution is 2.27. The van der Waals surface area contributed by atoms with Crippen LogP contribution in [0.15, 0.2) is 53.4 Å². The lowest BCUT2D eigenvalue weighted by Crippen LogP contribution is -2.43. The number of methoxy groups -OCH3 is 1. The lowest BCUT2D eigenvalue weighted by molar-refractivity contribution is -0.119. The minimum absolute atomic E-state index is 0.183. The molecule has 0 radical (unpaired) electrons. The summed E-state index contributed by atoms with van der Waals surface area (Å²) in [4.78, 5) is 25.9. The Labute approximate surface area is 176 Å². The molecule has 0 aliphatic carbocycles. The molecule has 1 heterocycles. The number of nitrogens with one attached hydrogen (secondary N) is 1. The number of carbonyl (C=O) groups excluding carboxylic acids is 2. The number of benzene rings is 2. The fourth-order valence-electron chi connectivity index (χ4n) is 3.37. The molecular weight excluding hydrogens is 406 g/mol. The van der Waals surface area contributed by atoms with E-state index in [0.717, 1.165) is 5.56 Å².